The zero-order valence-electron chi connectivity index (χ0n) is 14.1. The number of nitrogens with zero attached hydrogens (tertiary/aromatic N) is 2. The van der Waals surface area contributed by atoms with Crippen LogP contribution < -0.4 is 10.2 Å². The average molecular weight is 418 g/mol. The van der Waals surface area contributed by atoms with Crippen molar-refractivity contribution in [3.05, 3.63) is 52.1 Å². The third-order valence-electron chi connectivity index (χ3n) is 4.39. The maximum absolute atomic E-state index is 13.3. The van der Waals surface area contributed by atoms with Gasteiger partial charge in [0.15, 0.2) is 0 Å². The van der Waals surface area contributed by atoms with Crippen molar-refractivity contribution in [2.75, 3.05) is 23.3 Å². The van der Waals surface area contributed by atoms with Gasteiger partial charge in [0.25, 0.3) is 0 Å². The van der Waals surface area contributed by atoms with Gasteiger partial charge in [0, 0.05) is 19.3 Å². The number of hydrogen-bond acceptors (Lipinski definition) is 3. The van der Waals surface area contributed by atoms with E-state index in [0.717, 1.165) is 6.07 Å². The van der Waals surface area contributed by atoms with Crippen molar-refractivity contribution in [2.24, 2.45) is 5.92 Å². The van der Waals surface area contributed by atoms with E-state index in [1.807, 2.05) is 0 Å². The molecule has 1 fully saturated rings. The van der Waals surface area contributed by atoms with Gasteiger partial charge in [0.05, 0.1) is 27.2 Å². The van der Waals surface area contributed by atoms with Gasteiger partial charge in [-0.25, -0.2) is 4.98 Å². The summed E-state index contributed by atoms with van der Waals surface area (Å²) in [5, 5.41) is 3.25. The summed E-state index contributed by atoms with van der Waals surface area (Å²) < 4.78 is 39.8. The molecule has 1 atom stereocenters. The third kappa shape index (κ3) is 4.47. The molecule has 27 heavy (non-hydrogen) atoms. The van der Waals surface area contributed by atoms with Gasteiger partial charge in [0.1, 0.15) is 5.82 Å². The van der Waals surface area contributed by atoms with Crippen molar-refractivity contribution in [1.82, 2.24) is 4.98 Å². The molecule has 1 aliphatic heterocycles. The molecule has 0 bridgehead atoms. The van der Waals surface area contributed by atoms with Gasteiger partial charge >= 0.3 is 6.18 Å². The lowest BCUT2D eigenvalue weighted by atomic mass is 9.96. The smallest absolute Gasteiger partial charge is 0.355 e. The first-order chi connectivity index (χ1) is 12.8. The number of alkyl halides is 3. The number of benzene rings is 1. The molecule has 0 radical (unpaired) electrons. The van der Waals surface area contributed by atoms with E-state index < -0.39 is 17.7 Å². The quantitative estimate of drug-likeness (QED) is 0.740. The van der Waals surface area contributed by atoms with E-state index in [2.05, 4.69) is 10.3 Å². The SMILES string of the molecule is O=C(Nc1cccc(Cl)c1Cl)C1CCCN(c2ncccc2C(F)(F)F)C1. The second-order valence-electron chi connectivity index (χ2n) is 6.25. The molecule has 1 amide bonds. The Hall–Kier alpha value is -1.99. The fourth-order valence-electron chi connectivity index (χ4n) is 3.09. The summed E-state index contributed by atoms with van der Waals surface area (Å²) in [5.41, 5.74) is -0.427. The molecular formula is C18H16Cl2F3N3O. The Balaban J connectivity index is 1.77. The maximum atomic E-state index is 13.3. The van der Waals surface area contributed by atoms with Crippen molar-refractivity contribution >= 4 is 40.6 Å². The Morgan fingerprint density at radius 2 is 2.00 bits per heavy atom. The topological polar surface area (TPSA) is 45.2 Å². The summed E-state index contributed by atoms with van der Waals surface area (Å²) in [6.45, 7) is 0.548. The molecule has 9 heteroatoms. The van der Waals surface area contributed by atoms with Crippen molar-refractivity contribution < 1.29 is 18.0 Å². The van der Waals surface area contributed by atoms with Gasteiger partial charge in [0.2, 0.25) is 5.91 Å². The Bertz CT molecular complexity index is 845. The number of halogens is 5. The van der Waals surface area contributed by atoms with Gasteiger partial charge in [-0.15, -0.1) is 0 Å². The summed E-state index contributed by atoms with van der Waals surface area (Å²) in [6, 6.07) is 7.12. The number of carbonyl (C=O) groups excluding carboxylic acids is 1. The zero-order valence-corrected chi connectivity index (χ0v) is 15.6. The molecule has 1 N–H and O–H groups in total. The fourth-order valence-corrected chi connectivity index (χ4v) is 3.44. The van der Waals surface area contributed by atoms with Crippen LogP contribution in [0.2, 0.25) is 10.0 Å². The van der Waals surface area contributed by atoms with E-state index in [0.29, 0.717) is 30.1 Å². The highest BCUT2D eigenvalue weighted by molar-refractivity contribution is 6.44. The van der Waals surface area contributed by atoms with Gasteiger partial charge in [-0.1, -0.05) is 29.3 Å². The average Bonchev–Trinajstić information content (AvgIpc) is 2.65. The lowest BCUT2D eigenvalue weighted by Gasteiger charge is -2.34. The number of rotatable bonds is 3. The molecule has 2 aromatic rings. The normalized spacial score (nSPS) is 17.7. The van der Waals surface area contributed by atoms with Gasteiger partial charge in [-0.05, 0) is 37.1 Å². The zero-order chi connectivity index (χ0) is 19.6. The van der Waals surface area contributed by atoms with Crippen molar-refractivity contribution in [3.63, 3.8) is 0 Å². The Kier molecular flexibility index (Phi) is 5.81. The minimum absolute atomic E-state index is 0.143. The van der Waals surface area contributed by atoms with E-state index in [4.69, 9.17) is 23.2 Å². The highest BCUT2D eigenvalue weighted by Crippen LogP contribution is 2.37. The van der Waals surface area contributed by atoms with Crippen LogP contribution in [-0.4, -0.2) is 24.0 Å². The molecular weight excluding hydrogens is 402 g/mol. The fraction of sp³-hybridized carbons (Fsp3) is 0.333. The third-order valence-corrected chi connectivity index (χ3v) is 5.21. The Labute approximate surface area is 164 Å². The van der Waals surface area contributed by atoms with Crippen LogP contribution in [0.5, 0.6) is 0 Å². The minimum atomic E-state index is -4.51. The van der Waals surface area contributed by atoms with Crippen molar-refractivity contribution in [2.45, 2.75) is 19.0 Å². The summed E-state index contributed by atoms with van der Waals surface area (Å²) in [7, 11) is 0. The largest absolute Gasteiger partial charge is 0.419 e. The van der Waals surface area contributed by atoms with Crippen molar-refractivity contribution in [3.8, 4) is 0 Å². The number of anilines is 2. The van der Waals surface area contributed by atoms with Crippen LogP contribution in [0.1, 0.15) is 18.4 Å². The van der Waals surface area contributed by atoms with E-state index >= 15 is 0 Å². The molecule has 1 unspecified atom stereocenters. The highest BCUT2D eigenvalue weighted by Gasteiger charge is 2.37. The monoisotopic (exact) mass is 417 g/mol. The van der Waals surface area contributed by atoms with Gasteiger partial charge < -0.3 is 10.2 Å². The Morgan fingerprint density at radius 1 is 1.22 bits per heavy atom. The molecule has 0 spiro atoms. The molecule has 1 aliphatic rings. The van der Waals surface area contributed by atoms with Crippen LogP contribution in [0.25, 0.3) is 0 Å². The molecule has 1 saturated heterocycles. The number of piperidine rings is 1. The first kappa shape index (κ1) is 19.8. The number of amides is 1. The maximum Gasteiger partial charge on any atom is 0.419 e. The summed E-state index contributed by atoms with van der Waals surface area (Å²) in [5.74, 6) is -0.950. The van der Waals surface area contributed by atoms with Crippen LogP contribution >= 0.6 is 23.2 Å². The molecule has 1 aromatic heterocycles. The van der Waals surface area contributed by atoms with Crippen LogP contribution in [0.4, 0.5) is 24.7 Å². The van der Waals surface area contributed by atoms with Gasteiger partial charge in [-0.3, -0.25) is 4.79 Å². The molecule has 0 saturated carbocycles. The first-order valence-corrected chi connectivity index (χ1v) is 9.05. The highest BCUT2D eigenvalue weighted by atomic mass is 35.5. The molecule has 3 rings (SSSR count). The molecule has 144 valence electrons. The van der Waals surface area contributed by atoms with Crippen LogP contribution in [0.15, 0.2) is 36.5 Å². The van der Waals surface area contributed by atoms with E-state index in [9.17, 15) is 18.0 Å². The molecule has 1 aromatic carbocycles. The van der Waals surface area contributed by atoms with E-state index in [1.54, 1.807) is 18.2 Å². The van der Waals surface area contributed by atoms with E-state index in [-0.39, 0.29) is 23.3 Å². The lowest BCUT2D eigenvalue weighted by molar-refractivity contribution is -0.137. The first-order valence-electron chi connectivity index (χ1n) is 8.29. The van der Waals surface area contributed by atoms with Crippen molar-refractivity contribution in [1.29, 1.82) is 0 Å². The number of aromatic nitrogens is 1. The molecule has 2 heterocycles. The second kappa shape index (κ2) is 7.94. The number of nitrogens with one attached hydrogen (secondary N) is 1. The lowest BCUT2D eigenvalue weighted by Crippen LogP contribution is -2.42. The van der Waals surface area contributed by atoms with Crippen LogP contribution in [0.3, 0.4) is 0 Å². The van der Waals surface area contributed by atoms with E-state index in [1.165, 1.54) is 17.2 Å². The molecule has 0 aliphatic carbocycles. The predicted octanol–water partition coefficient (Wildman–Crippen LogP) is 5.26. The minimum Gasteiger partial charge on any atom is -0.355 e. The van der Waals surface area contributed by atoms with Crippen LogP contribution in [0, 0.1) is 5.92 Å². The number of pyridine rings is 1. The Morgan fingerprint density at radius 3 is 2.74 bits per heavy atom. The van der Waals surface area contributed by atoms with Gasteiger partial charge in [-0.2, -0.15) is 13.2 Å². The summed E-state index contributed by atoms with van der Waals surface area (Å²) >= 11 is 12.0. The number of carbonyl (C=O) groups is 1. The summed E-state index contributed by atoms with van der Waals surface area (Å²) in [6.07, 6.45) is -2.04. The summed E-state index contributed by atoms with van der Waals surface area (Å²) in [4.78, 5) is 18.0. The molecule has 4 nitrogen and oxygen atoms in total. The van der Waals surface area contributed by atoms with Crippen LogP contribution in [-0.2, 0) is 11.0 Å². The second-order valence-corrected chi connectivity index (χ2v) is 7.03. The standard InChI is InChI=1S/C18H16Cl2F3N3O/c19-13-6-1-7-14(15(13)20)25-17(27)11-4-3-9-26(10-11)16-12(18(21,22)23)5-2-8-24-16/h1-2,5-8,11H,3-4,9-10H2,(H,25,27). The number of hydrogen-bond donors (Lipinski definition) is 1. The predicted molar refractivity (Wildman–Crippen MR) is 99.3 cm³/mol.